The lowest BCUT2D eigenvalue weighted by Crippen LogP contribution is -2.35. The molecule has 3 rings (SSSR count). The third kappa shape index (κ3) is 5.79. The molecule has 0 saturated heterocycles. The van der Waals surface area contributed by atoms with E-state index in [2.05, 4.69) is 47.7 Å². The van der Waals surface area contributed by atoms with E-state index in [1.54, 1.807) is 6.07 Å². The van der Waals surface area contributed by atoms with E-state index in [4.69, 9.17) is 34.8 Å². The van der Waals surface area contributed by atoms with Gasteiger partial charge in [-0.15, -0.1) is 5.10 Å². The summed E-state index contributed by atoms with van der Waals surface area (Å²) in [6.45, 7) is 10.5. The molecule has 0 aliphatic rings. The number of aromatic nitrogens is 4. The number of allylic oxidation sites excluding steroid dienone is 1. The van der Waals surface area contributed by atoms with Gasteiger partial charge in [0.05, 0.1) is 11.6 Å². The third-order valence-electron chi connectivity index (χ3n) is 4.92. The van der Waals surface area contributed by atoms with Crippen molar-refractivity contribution < 1.29 is 0 Å². The molecule has 0 aliphatic carbocycles. The van der Waals surface area contributed by atoms with E-state index in [0.29, 0.717) is 20.9 Å². The summed E-state index contributed by atoms with van der Waals surface area (Å²) in [5.41, 5.74) is 1.12. The maximum Gasteiger partial charge on any atom is 0.176 e. The molecule has 1 N–H and O–H groups in total. The highest BCUT2D eigenvalue weighted by Crippen LogP contribution is 2.35. The Bertz CT molecular complexity index is 1070. The molecule has 0 spiro atoms. The van der Waals surface area contributed by atoms with Gasteiger partial charge in [0.25, 0.3) is 0 Å². The van der Waals surface area contributed by atoms with Crippen LogP contribution in [0.5, 0.6) is 0 Å². The molecule has 164 valence electrons. The fourth-order valence-corrected chi connectivity index (χ4v) is 3.91. The molecule has 0 aliphatic heterocycles. The minimum atomic E-state index is -0.535. The van der Waals surface area contributed by atoms with Gasteiger partial charge < -0.3 is 5.32 Å². The van der Waals surface area contributed by atoms with Gasteiger partial charge in [0.1, 0.15) is 0 Å². The number of hydrogen-bond donors (Lipinski definition) is 1. The first-order valence-corrected chi connectivity index (χ1v) is 11.1. The number of anilines is 1. The van der Waals surface area contributed by atoms with Gasteiger partial charge >= 0.3 is 0 Å². The fourth-order valence-electron chi connectivity index (χ4n) is 3.31. The van der Waals surface area contributed by atoms with Crippen molar-refractivity contribution in [2.45, 2.75) is 46.2 Å². The normalized spacial score (nSPS) is 13.5. The lowest BCUT2D eigenvalue weighted by Gasteiger charge is -2.33. The van der Waals surface area contributed by atoms with Crippen LogP contribution in [0.4, 0.5) is 5.69 Å². The molecule has 0 radical (unpaired) electrons. The number of nitrogens with zero attached hydrogens (tertiary/aromatic N) is 4. The van der Waals surface area contributed by atoms with Gasteiger partial charge in [-0.25, -0.2) is 4.68 Å². The summed E-state index contributed by atoms with van der Waals surface area (Å²) in [7, 11) is 0. The van der Waals surface area contributed by atoms with E-state index < -0.39 is 5.54 Å². The molecule has 1 unspecified atom stereocenters. The van der Waals surface area contributed by atoms with Crippen molar-refractivity contribution in [1.29, 1.82) is 0 Å². The molecule has 0 bridgehead atoms. The van der Waals surface area contributed by atoms with Gasteiger partial charge in [-0.2, -0.15) is 0 Å². The lowest BCUT2D eigenvalue weighted by atomic mass is 9.85. The fraction of sp³-hybridized carbons (Fsp3) is 0.348. The highest BCUT2D eigenvalue weighted by molar-refractivity contribution is 6.35. The molecule has 1 aromatic heterocycles. The lowest BCUT2D eigenvalue weighted by molar-refractivity contribution is 0.258. The number of benzene rings is 2. The van der Waals surface area contributed by atoms with Crippen LogP contribution >= 0.6 is 34.8 Å². The summed E-state index contributed by atoms with van der Waals surface area (Å²) in [6.07, 6.45) is 4.06. The SMILES string of the molecule is CC(C)(Nc1ccc(Cl)cc1)c1nnnn1C(C=Cc1ccc(Cl)cc1Cl)C(C)(C)C. The van der Waals surface area contributed by atoms with Crippen LogP contribution in [-0.4, -0.2) is 20.2 Å². The van der Waals surface area contributed by atoms with Crippen molar-refractivity contribution in [3.63, 3.8) is 0 Å². The van der Waals surface area contributed by atoms with Gasteiger partial charge in [-0.1, -0.05) is 73.8 Å². The second-order valence-corrected chi connectivity index (χ2v) is 10.3. The van der Waals surface area contributed by atoms with Crippen LogP contribution in [0.1, 0.15) is 52.0 Å². The maximum absolute atomic E-state index is 6.36. The Morgan fingerprint density at radius 1 is 0.935 bits per heavy atom. The Labute approximate surface area is 198 Å². The van der Waals surface area contributed by atoms with Gasteiger partial charge in [0.2, 0.25) is 0 Å². The van der Waals surface area contributed by atoms with Gasteiger partial charge in [-0.3, -0.25) is 0 Å². The first kappa shape index (κ1) is 23.6. The molecular formula is C23H26Cl3N5. The van der Waals surface area contributed by atoms with Crippen LogP contribution < -0.4 is 5.32 Å². The van der Waals surface area contributed by atoms with E-state index in [1.807, 2.05) is 61.0 Å². The molecule has 0 saturated carbocycles. The largest absolute Gasteiger partial charge is 0.373 e. The first-order chi connectivity index (χ1) is 14.5. The molecule has 0 fully saturated rings. The zero-order chi connectivity index (χ0) is 22.8. The van der Waals surface area contributed by atoms with Gasteiger partial charge in [0, 0.05) is 20.8 Å². The van der Waals surface area contributed by atoms with E-state index in [9.17, 15) is 0 Å². The number of halogens is 3. The van der Waals surface area contributed by atoms with E-state index in [1.165, 1.54) is 0 Å². The van der Waals surface area contributed by atoms with Crippen LogP contribution in [0.15, 0.2) is 48.5 Å². The van der Waals surface area contributed by atoms with E-state index in [-0.39, 0.29) is 11.5 Å². The second kappa shape index (κ2) is 9.19. The average Bonchev–Trinajstić information content (AvgIpc) is 3.14. The number of hydrogen-bond acceptors (Lipinski definition) is 4. The van der Waals surface area contributed by atoms with Gasteiger partial charge in [-0.05, 0) is 71.7 Å². The Morgan fingerprint density at radius 2 is 1.58 bits per heavy atom. The van der Waals surface area contributed by atoms with E-state index in [0.717, 1.165) is 11.3 Å². The first-order valence-electron chi connectivity index (χ1n) is 9.93. The van der Waals surface area contributed by atoms with Crippen LogP contribution in [0.3, 0.4) is 0 Å². The molecular weight excluding hydrogens is 453 g/mol. The number of nitrogens with one attached hydrogen (secondary N) is 1. The quantitative estimate of drug-likeness (QED) is 0.404. The molecule has 8 heteroatoms. The van der Waals surface area contributed by atoms with Crippen molar-refractivity contribution in [3.05, 3.63) is 75.0 Å². The Balaban J connectivity index is 1.96. The van der Waals surface area contributed by atoms with Gasteiger partial charge in [0.15, 0.2) is 5.82 Å². The minimum absolute atomic E-state index is 0.115. The third-order valence-corrected chi connectivity index (χ3v) is 5.74. The van der Waals surface area contributed by atoms with Crippen molar-refractivity contribution in [2.75, 3.05) is 5.32 Å². The molecule has 0 amide bonds. The zero-order valence-corrected chi connectivity index (χ0v) is 20.5. The summed E-state index contributed by atoms with van der Waals surface area (Å²) < 4.78 is 1.86. The van der Waals surface area contributed by atoms with Crippen molar-refractivity contribution in [3.8, 4) is 0 Å². The Hall–Kier alpha value is -2.08. The molecule has 2 aromatic carbocycles. The summed E-state index contributed by atoms with van der Waals surface area (Å²) in [5.74, 6) is 0.717. The smallest absolute Gasteiger partial charge is 0.176 e. The Morgan fingerprint density at radius 3 is 2.19 bits per heavy atom. The second-order valence-electron chi connectivity index (χ2n) is 9.04. The topological polar surface area (TPSA) is 55.6 Å². The minimum Gasteiger partial charge on any atom is -0.373 e. The van der Waals surface area contributed by atoms with Crippen LogP contribution in [-0.2, 0) is 5.54 Å². The standard InChI is InChI=1S/C23H26Cl3N5/c1-22(2,3)20(13-7-15-6-8-17(25)14-19(15)26)31-21(28-29-30-31)23(4,5)27-18-11-9-16(24)10-12-18/h6-14,20,27H,1-5H3. The molecule has 1 atom stereocenters. The van der Waals surface area contributed by atoms with Crippen LogP contribution in [0.25, 0.3) is 6.08 Å². The van der Waals surface area contributed by atoms with E-state index >= 15 is 0 Å². The van der Waals surface area contributed by atoms with Crippen LogP contribution in [0.2, 0.25) is 15.1 Å². The molecule has 3 aromatic rings. The molecule has 1 heterocycles. The van der Waals surface area contributed by atoms with Crippen LogP contribution in [0, 0.1) is 5.41 Å². The van der Waals surface area contributed by atoms with Crippen molar-refractivity contribution >= 4 is 46.6 Å². The predicted molar refractivity (Wildman–Crippen MR) is 130 cm³/mol. The molecule has 31 heavy (non-hydrogen) atoms. The maximum atomic E-state index is 6.36. The summed E-state index contributed by atoms with van der Waals surface area (Å²) in [6, 6.07) is 12.9. The zero-order valence-electron chi connectivity index (χ0n) is 18.2. The van der Waals surface area contributed by atoms with Crippen molar-refractivity contribution in [1.82, 2.24) is 20.2 Å². The number of tetrazole rings is 1. The highest BCUT2D eigenvalue weighted by atomic mass is 35.5. The average molecular weight is 479 g/mol. The summed E-state index contributed by atoms with van der Waals surface area (Å²) in [5, 5.41) is 18.1. The summed E-state index contributed by atoms with van der Waals surface area (Å²) >= 11 is 18.4. The monoisotopic (exact) mass is 477 g/mol. The van der Waals surface area contributed by atoms with Crippen molar-refractivity contribution in [2.24, 2.45) is 5.41 Å². The number of rotatable bonds is 6. The highest BCUT2D eigenvalue weighted by Gasteiger charge is 2.34. The predicted octanol–water partition coefficient (Wildman–Crippen LogP) is 7.28. The molecule has 5 nitrogen and oxygen atoms in total. The Kier molecular flexibility index (Phi) is 6.99. The summed E-state index contributed by atoms with van der Waals surface area (Å²) in [4.78, 5) is 0.